The number of unbranched alkanes of at least 4 members (excludes halogenated alkanes) is 1. The van der Waals surface area contributed by atoms with E-state index < -0.39 is 6.17 Å². The number of carbonyl (C=O) groups excluding carboxylic acids is 1. The third kappa shape index (κ3) is 3.75. The van der Waals surface area contributed by atoms with Crippen molar-refractivity contribution in [1.82, 2.24) is 10.3 Å². The monoisotopic (exact) mass is 424 g/mol. The molecule has 2 aliphatic rings. The van der Waals surface area contributed by atoms with Crippen molar-refractivity contribution in [3.63, 3.8) is 0 Å². The number of amides is 1. The second kappa shape index (κ2) is 8.79. The van der Waals surface area contributed by atoms with Gasteiger partial charge in [-0.2, -0.15) is 0 Å². The number of para-hydroxylation sites is 1. The van der Waals surface area contributed by atoms with Gasteiger partial charge in [-0.15, -0.1) is 5.10 Å². The van der Waals surface area contributed by atoms with Crippen LogP contribution in [-0.2, 0) is 4.79 Å². The number of fused-ring (bicyclic) bond motifs is 2. The molecule has 0 aliphatic carbocycles. The van der Waals surface area contributed by atoms with Crippen molar-refractivity contribution in [3.8, 4) is 11.5 Å². The fraction of sp³-hybridized carbons (Fsp3) is 0.318. The van der Waals surface area contributed by atoms with Crippen molar-refractivity contribution in [2.24, 2.45) is 10.1 Å². The molecular formula is C22H24N4O3S. The summed E-state index contributed by atoms with van der Waals surface area (Å²) in [5, 5.41) is 11.5. The van der Waals surface area contributed by atoms with Crippen molar-refractivity contribution in [2.45, 2.75) is 25.9 Å². The molecule has 1 N–H and O–H groups in total. The lowest BCUT2D eigenvalue weighted by Crippen LogP contribution is -2.50. The molecule has 4 rings (SSSR count). The minimum atomic E-state index is -0.484. The Labute approximate surface area is 179 Å². The first-order valence-corrected chi connectivity index (χ1v) is 10.9. The number of hydrogen-bond acceptors (Lipinski definition) is 7. The minimum Gasteiger partial charge on any atom is -0.493 e. The number of nitrogens with zero attached hydrogens (tertiary/aromatic N) is 3. The van der Waals surface area contributed by atoms with Gasteiger partial charge in [-0.1, -0.05) is 49.4 Å². The van der Waals surface area contributed by atoms with E-state index in [4.69, 9.17) is 19.6 Å². The standard InChI is InChI=1S/C22H24N4O3S/c1-4-5-12-30-22-24-21(27)19-15-8-6-7-9-16(15)23-20(26(19)25-22)14-10-11-17(28-2)18(13-14)29-3/h6-11,13,20H,4-5,12H2,1-3H3,(H,24,25,27)/t20-/m1/s1. The van der Waals surface area contributed by atoms with E-state index in [0.29, 0.717) is 22.4 Å². The fourth-order valence-corrected chi connectivity index (χ4v) is 4.37. The Hall–Kier alpha value is -3.00. The zero-order chi connectivity index (χ0) is 21.1. The first kappa shape index (κ1) is 20.3. The van der Waals surface area contributed by atoms with Crippen LogP contribution in [0.2, 0.25) is 0 Å². The number of ether oxygens (including phenoxy) is 2. The number of rotatable bonds is 6. The van der Waals surface area contributed by atoms with E-state index in [9.17, 15) is 4.79 Å². The predicted molar refractivity (Wildman–Crippen MR) is 118 cm³/mol. The maximum Gasteiger partial charge on any atom is 0.276 e. The highest BCUT2D eigenvalue weighted by Crippen LogP contribution is 2.35. The quantitative estimate of drug-likeness (QED) is 0.721. The average molecular weight is 425 g/mol. The zero-order valence-corrected chi connectivity index (χ0v) is 18.0. The molecule has 8 heteroatoms. The SMILES string of the molecule is CCCCSC1=NN2C(=c3ccccc3=N[C@H]2c2ccc(OC)c(OC)c2)C(=O)N1. The molecule has 7 nitrogen and oxygen atoms in total. The number of thioether (sulfide) groups is 1. The number of methoxy groups -OCH3 is 2. The highest BCUT2D eigenvalue weighted by molar-refractivity contribution is 8.13. The molecular weight excluding hydrogens is 400 g/mol. The van der Waals surface area contributed by atoms with Crippen molar-refractivity contribution >= 4 is 28.5 Å². The number of carbonyl (C=O) groups is 1. The van der Waals surface area contributed by atoms with Crippen LogP contribution in [0.5, 0.6) is 11.5 Å². The van der Waals surface area contributed by atoms with E-state index in [1.54, 1.807) is 31.0 Å². The third-order valence-electron chi connectivity index (χ3n) is 4.96. The largest absolute Gasteiger partial charge is 0.493 e. The third-order valence-corrected chi connectivity index (χ3v) is 5.91. The molecule has 2 aliphatic heterocycles. The molecule has 2 aromatic carbocycles. The van der Waals surface area contributed by atoms with Gasteiger partial charge in [0.05, 0.1) is 19.6 Å². The van der Waals surface area contributed by atoms with Gasteiger partial charge in [0.25, 0.3) is 5.91 Å². The van der Waals surface area contributed by atoms with Crippen molar-refractivity contribution in [2.75, 3.05) is 20.0 Å². The highest BCUT2D eigenvalue weighted by Gasteiger charge is 2.34. The Balaban J connectivity index is 1.84. The first-order valence-electron chi connectivity index (χ1n) is 9.87. The maximum absolute atomic E-state index is 13.1. The van der Waals surface area contributed by atoms with Crippen LogP contribution in [0.15, 0.2) is 52.6 Å². The molecule has 0 aromatic heterocycles. The lowest BCUT2D eigenvalue weighted by molar-refractivity contribution is -0.116. The number of hydrogen-bond donors (Lipinski definition) is 1. The van der Waals surface area contributed by atoms with E-state index in [-0.39, 0.29) is 5.91 Å². The van der Waals surface area contributed by atoms with Crippen LogP contribution in [0.1, 0.15) is 31.5 Å². The minimum absolute atomic E-state index is 0.170. The lowest BCUT2D eigenvalue weighted by Gasteiger charge is -2.34. The highest BCUT2D eigenvalue weighted by atomic mass is 32.2. The van der Waals surface area contributed by atoms with Gasteiger partial charge < -0.3 is 9.47 Å². The van der Waals surface area contributed by atoms with Crippen LogP contribution in [0.25, 0.3) is 5.70 Å². The summed E-state index contributed by atoms with van der Waals surface area (Å²) < 4.78 is 10.8. The molecule has 30 heavy (non-hydrogen) atoms. The summed E-state index contributed by atoms with van der Waals surface area (Å²) in [6.45, 7) is 2.14. The molecule has 0 bridgehead atoms. The summed E-state index contributed by atoms with van der Waals surface area (Å²) in [6.07, 6.45) is 1.66. The van der Waals surface area contributed by atoms with Gasteiger partial charge in [-0.3, -0.25) is 15.1 Å². The van der Waals surface area contributed by atoms with Crippen LogP contribution < -0.4 is 25.4 Å². The Bertz CT molecular complexity index is 1120. The summed E-state index contributed by atoms with van der Waals surface area (Å²) >= 11 is 1.55. The van der Waals surface area contributed by atoms with Gasteiger partial charge in [0.15, 0.2) is 22.8 Å². The molecule has 0 unspecified atom stereocenters. The molecule has 1 amide bonds. The Morgan fingerprint density at radius 1 is 1.13 bits per heavy atom. The Kier molecular flexibility index (Phi) is 5.94. The fourth-order valence-electron chi connectivity index (χ4n) is 3.44. The summed E-state index contributed by atoms with van der Waals surface area (Å²) in [6, 6.07) is 13.3. The Morgan fingerprint density at radius 3 is 2.70 bits per heavy atom. The van der Waals surface area contributed by atoms with E-state index in [2.05, 4.69) is 12.2 Å². The second-order valence-corrected chi connectivity index (χ2v) is 7.97. The number of amidine groups is 1. The average Bonchev–Trinajstić information content (AvgIpc) is 2.78. The van der Waals surface area contributed by atoms with Gasteiger partial charge in [-0.25, -0.2) is 5.01 Å². The van der Waals surface area contributed by atoms with Gasteiger partial charge >= 0.3 is 0 Å². The van der Waals surface area contributed by atoms with Crippen molar-refractivity contribution in [3.05, 3.63) is 58.6 Å². The van der Waals surface area contributed by atoms with Crippen LogP contribution >= 0.6 is 11.8 Å². The molecule has 0 radical (unpaired) electrons. The first-order chi connectivity index (χ1) is 14.7. The van der Waals surface area contributed by atoms with Gasteiger partial charge in [0.2, 0.25) is 0 Å². The summed E-state index contributed by atoms with van der Waals surface area (Å²) in [4.78, 5) is 18.0. The number of benzene rings is 2. The van der Waals surface area contributed by atoms with Crippen molar-refractivity contribution in [1.29, 1.82) is 0 Å². The summed E-state index contributed by atoms with van der Waals surface area (Å²) in [5.74, 6) is 1.97. The molecule has 156 valence electrons. The number of nitrogens with one attached hydrogen (secondary N) is 1. The molecule has 2 heterocycles. The van der Waals surface area contributed by atoms with Crippen LogP contribution in [-0.4, -0.2) is 36.1 Å². The van der Waals surface area contributed by atoms with E-state index >= 15 is 0 Å². The predicted octanol–water partition coefficient (Wildman–Crippen LogP) is 2.38. The second-order valence-electron chi connectivity index (χ2n) is 6.89. The van der Waals surface area contributed by atoms with Crippen LogP contribution in [0, 0.1) is 0 Å². The maximum atomic E-state index is 13.1. The Morgan fingerprint density at radius 2 is 1.93 bits per heavy atom. The topological polar surface area (TPSA) is 75.5 Å². The normalized spacial score (nSPS) is 17.4. The molecule has 2 aromatic rings. The van der Waals surface area contributed by atoms with E-state index in [0.717, 1.165) is 34.7 Å². The van der Waals surface area contributed by atoms with Crippen molar-refractivity contribution < 1.29 is 14.3 Å². The molecule has 0 saturated heterocycles. The molecule has 0 saturated carbocycles. The summed E-state index contributed by atoms with van der Waals surface area (Å²) in [5.41, 5.74) is 1.36. The van der Waals surface area contributed by atoms with Crippen LogP contribution in [0.3, 0.4) is 0 Å². The lowest BCUT2D eigenvalue weighted by atomic mass is 10.1. The van der Waals surface area contributed by atoms with Gasteiger partial charge in [-0.05, 0) is 24.6 Å². The number of hydrazone groups is 1. The molecule has 1 atom stereocenters. The van der Waals surface area contributed by atoms with E-state index in [1.807, 2.05) is 42.5 Å². The van der Waals surface area contributed by atoms with Gasteiger partial charge in [0.1, 0.15) is 5.70 Å². The van der Waals surface area contributed by atoms with Crippen LogP contribution in [0.4, 0.5) is 0 Å². The molecule has 0 fully saturated rings. The zero-order valence-electron chi connectivity index (χ0n) is 17.2. The summed E-state index contributed by atoms with van der Waals surface area (Å²) in [7, 11) is 3.20. The van der Waals surface area contributed by atoms with Gasteiger partial charge in [0, 0.05) is 16.5 Å². The van der Waals surface area contributed by atoms with E-state index in [1.165, 1.54) is 0 Å². The smallest absolute Gasteiger partial charge is 0.276 e. The molecule has 0 spiro atoms.